The molecule has 0 aliphatic heterocycles. The molecule has 1 aliphatic rings. The molecular weight excluding hydrogens is 338 g/mol. The highest BCUT2D eigenvalue weighted by Crippen LogP contribution is 2.25. The smallest absolute Gasteiger partial charge is 0.227 e. The van der Waals surface area contributed by atoms with E-state index in [1.165, 1.54) is 12.5 Å². The van der Waals surface area contributed by atoms with Crippen LogP contribution in [0.2, 0.25) is 0 Å². The fourth-order valence-corrected chi connectivity index (χ4v) is 3.51. The molecule has 0 saturated heterocycles. The second-order valence-electron chi connectivity index (χ2n) is 6.43. The molecule has 1 aromatic carbocycles. The topological polar surface area (TPSA) is 89.0 Å². The van der Waals surface area contributed by atoms with Crippen LogP contribution in [0, 0.1) is 5.92 Å². The van der Waals surface area contributed by atoms with E-state index in [2.05, 4.69) is 15.5 Å². The Labute approximate surface area is 147 Å². The van der Waals surface area contributed by atoms with Gasteiger partial charge < -0.3 is 5.32 Å². The highest BCUT2D eigenvalue weighted by molar-refractivity contribution is 7.90. The minimum Gasteiger partial charge on any atom is -0.326 e. The number of aromatic nitrogens is 2. The molecule has 1 N–H and O–H groups in total. The number of nitrogens with one attached hydrogen (secondary N) is 1. The van der Waals surface area contributed by atoms with Crippen molar-refractivity contribution >= 4 is 21.4 Å². The van der Waals surface area contributed by atoms with Crippen LogP contribution < -0.4 is 5.32 Å². The molecule has 25 heavy (non-hydrogen) atoms. The van der Waals surface area contributed by atoms with Crippen LogP contribution in [-0.4, -0.2) is 30.8 Å². The van der Waals surface area contributed by atoms with E-state index in [1.807, 2.05) is 24.3 Å². The van der Waals surface area contributed by atoms with Gasteiger partial charge in [0, 0.05) is 23.4 Å². The number of carbonyl (C=O) groups excluding carboxylic acids is 1. The monoisotopic (exact) mass is 359 g/mol. The van der Waals surface area contributed by atoms with Crippen molar-refractivity contribution in [2.24, 2.45) is 5.92 Å². The van der Waals surface area contributed by atoms with Gasteiger partial charge in [0.25, 0.3) is 0 Å². The fraction of sp³-hybridized carbons (Fsp3) is 0.389. The molecule has 1 aromatic heterocycles. The Bertz CT molecular complexity index is 840. The van der Waals surface area contributed by atoms with Gasteiger partial charge in [0.1, 0.15) is 0 Å². The summed E-state index contributed by atoms with van der Waals surface area (Å²) in [5.74, 6) is 0.201. The van der Waals surface area contributed by atoms with E-state index >= 15 is 0 Å². The number of rotatable bonds is 4. The van der Waals surface area contributed by atoms with Gasteiger partial charge in [-0.15, -0.1) is 10.2 Å². The highest BCUT2D eigenvalue weighted by Gasteiger charge is 2.21. The molecule has 3 rings (SSSR count). The summed E-state index contributed by atoms with van der Waals surface area (Å²) in [5, 5.41) is 10.6. The van der Waals surface area contributed by atoms with Gasteiger partial charge in [-0.25, -0.2) is 8.42 Å². The molecule has 1 fully saturated rings. The molecule has 0 atom stereocenters. The Morgan fingerprint density at radius 3 is 2.24 bits per heavy atom. The van der Waals surface area contributed by atoms with Crippen LogP contribution in [0.4, 0.5) is 5.69 Å². The van der Waals surface area contributed by atoms with Crippen LogP contribution in [0.25, 0.3) is 11.3 Å². The molecule has 7 heteroatoms. The van der Waals surface area contributed by atoms with Crippen LogP contribution in [0.5, 0.6) is 0 Å². The van der Waals surface area contributed by atoms with E-state index in [0.29, 0.717) is 5.69 Å². The predicted octanol–water partition coefficient (Wildman–Crippen LogP) is 3.07. The zero-order chi connectivity index (χ0) is 17.9. The lowest BCUT2D eigenvalue weighted by Crippen LogP contribution is -2.24. The molecule has 0 radical (unpaired) electrons. The van der Waals surface area contributed by atoms with Gasteiger partial charge in [-0.1, -0.05) is 31.4 Å². The number of hydrogen-bond donors (Lipinski definition) is 1. The van der Waals surface area contributed by atoms with Crippen molar-refractivity contribution in [1.29, 1.82) is 0 Å². The Hall–Kier alpha value is -2.28. The van der Waals surface area contributed by atoms with Crippen molar-refractivity contribution in [3.63, 3.8) is 0 Å². The molecule has 132 valence electrons. The van der Waals surface area contributed by atoms with E-state index in [9.17, 15) is 13.2 Å². The first-order valence-electron chi connectivity index (χ1n) is 8.38. The third-order valence-electron chi connectivity index (χ3n) is 4.44. The summed E-state index contributed by atoms with van der Waals surface area (Å²) in [6, 6.07) is 10.4. The van der Waals surface area contributed by atoms with Crippen LogP contribution in [-0.2, 0) is 14.6 Å². The summed E-state index contributed by atoms with van der Waals surface area (Å²) in [6.07, 6.45) is 6.49. The molecule has 1 amide bonds. The lowest BCUT2D eigenvalue weighted by Gasteiger charge is -2.20. The first-order chi connectivity index (χ1) is 11.9. The van der Waals surface area contributed by atoms with Gasteiger partial charge in [0.05, 0.1) is 5.69 Å². The van der Waals surface area contributed by atoms with Crippen LogP contribution >= 0.6 is 0 Å². The third-order valence-corrected chi connectivity index (χ3v) is 5.42. The molecule has 6 nitrogen and oxygen atoms in total. The molecule has 1 saturated carbocycles. The zero-order valence-corrected chi connectivity index (χ0v) is 14.9. The van der Waals surface area contributed by atoms with Crippen molar-refractivity contribution in [2.45, 2.75) is 37.1 Å². The van der Waals surface area contributed by atoms with Gasteiger partial charge in [0.2, 0.25) is 5.91 Å². The first kappa shape index (κ1) is 17.5. The number of carbonyl (C=O) groups is 1. The molecule has 1 heterocycles. The maximum absolute atomic E-state index is 12.3. The minimum atomic E-state index is -3.35. The first-order valence-corrected chi connectivity index (χ1v) is 10.3. The van der Waals surface area contributed by atoms with Crippen molar-refractivity contribution in [3.8, 4) is 11.3 Å². The van der Waals surface area contributed by atoms with Crippen LogP contribution in [0.15, 0.2) is 41.4 Å². The van der Waals surface area contributed by atoms with E-state index in [4.69, 9.17) is 0 Å². The van der Waals surface area contributed by atoms with E-state index in [0.717, 1.165) is 43.2 Å². The maximum atomic E-state index is 12.3. The standard InChI is InChI=1S/C18H21N3O3S/c1-25(23,24)17-12-11-16(20-21-17)13-7-9-15(10-8-13)19-18(22)14-5-3-2-4-6-14/h7-12,14H,2-6H2,1H3,(H,19,22). The van der Waals surface area contributed by atoms with Gasteiger partial charge in [-0.05, 0) is 37.1 Å². The van der Waals surface area contributed by atoms with Crippen molar-refractivity contribution in [3.05, 3.63) is 36.4 Å². The molecule has 2 aromatic rings. The highest BCUT2D eigenvalue weighted by atomic mass is 32.2. The number of nitrogens with zero attached hydrogens (tertiary/aromatic N) is 2. The number of anilines is 1. The molecule has 0 unspecified atom stereocenters. The molecule has 1 aliphatic carbocycles. The van der Waals surface area contributed by atoms with Crippen LogP contribution in [0.1, 0.15) is 32.1 Å². The Morgan fingerprint density at radius 1 is 1.00 bits per heavy atom. The lowest BCUT2D eigenvalue weighted by atomic mass is 9.88. The average molecular weight is 359 g/mol. The fourth-order valence-electron chi connectivity index (χ4n) is 3.01. The van der Waals surface area contributed by atoms with Gasteiger partial charge in [0.15, 0.2) is 14.9 Å². The summed E-state index contributed by atoms with van der Waals surface area (Å²) in [6.45, 7) is 0. The zero-order valence-electron chi connectivity index (χ0n) is 14.1. The van der Waals surface area contributed by atoms with E-state index < -0.39 is 9.84 Å². The Morgan fingerprint density at radius 2 is 1.68 bits per heavy atom. The number of hydrogen-bond acceptors (Lipinski definition) is 5. The summed E-state index contributed by atoms with van der Waals surface area (Å²) in [5.41, 5.74) is 2.14. The van der Waals surface area contributed by atoms with Gasteiger partial charge in [-0.3, -0.25) is 4.79 Å². The number of sulfone groups is 1. The third kappa shape index (κ3) is 4.42. The van der Waals surface area contributed by atoms with E-state index in [-0.39, 0.29) is 16.9 Å². The second-order valence-corrected chi connectivity index (χ2v) is 8.39. The Balaban J connectivity index is 1.68. The number of benzene rings is 1. The summed E-state index contributed by atoms with van der Waals surface area (Å²) >= 11 is 0. The van der Waals surface area contributed by atoms with Crippen molar-refractivity contribution in [2.75, 3.05) is 11.6 Å². The number of amides is 1. The minimum absolute atomic E-state index is 0.0485. The SMILES string of the molecule is CS(=O)(=O)c1ccc(-c2ccc(NC(=O)C3CCCCC3)cc2)nn1. The summed E-state index contributed by atoms with van der Waals surface area (Å²) in [4.78, 5) is 12.3. The van der Waals surface area contributed by atoms with Crippen LogP contribution in [0.3, 0.4) is 0 Å². The molecular formula is C18H21N3O3S. The van der Waals surface area contributed by atoms with E-state index in [1.54, 1.807) is 6.07 Å². The summed E-state index contributed by atoms with van der Waals surface area (Å²) < 4.78 is 22.8. The van der Waals surface area contributed by atoms with Gasteiger partial charge in [-0.2, -0.15) is 0 Å². The maximum Gasteiger partial charge on any atom is 0.227 e. The second kappa shape index (κ2) is 7.31. The largest absolute Gasteiger partial charge is 0.326 e. The summed E-state index contributed by atoms with van der Waals surface area (Å²) in [7, 11) is -3.35. The van der Waals surface area contributed by atoms with Gasteiger partial charge >= 0.3 is 0 Å². The molecule has 0 spiro atoms. The van der Waals surface area contributed by atoms with Crippen molar-refractivity contribution < 1.29 is 13.2 Å². The quantitative estimate of drug-likeness (QED) is 0.906. The van der Waals surface area contributed by atoms with Crippen molar-refractivity contribution in [1.82, 2.24) is 10.2 Å². The predicted molar refractivity (Wildman–Crippen MR) is 95.8 cm³/mol. The lowest BCUT2D eigenvalue weighted by molar-refractivity contribution is -0.120. The normalized spacial score (nSPS) is 15.7. The molecule has 0 bridgehead atoms. The average Bonchev–Trinajstić information content (AvgIpc) is 2.62. The Kier molecular flexibility index (Phi) is 5.13.